The molecule has 0 aliphatic rings. The van der Waals surface area contributed by atoms with Crippen molar-refractivity contribution in [3.63, 3.8) is 0 Å². The van der Waals surface area contributed by atoms with Crippen LogP contribution in [0.4, 0.5) is 0 Å². The monoisotopic (exact) mass is 462 g/mol. The predicted molar refractivity (Wildman–Crippen MR) is 105 cm³/mol. The average Bonchev–Trinajstić information content (AvgIpc) is 2.53. The minimum absolute atomic E-state index is 0. The van der Waals surface area contributed by atoms with E-state index in [-0.39, 0.29) is 34.3 Å². The fourth-order valence-corrected chi connectivity index (χ4v) is 6.33. The van der Waals surface area contributed by atoms with Crippen LogP contribution in [0.15, 0.2) is 42.6 Å². The van der Waals surface area contributed by atoms with E-state index in [4.69, 9.17) is 9.64 Å². The van der Waals surface area contributed by atoms with Gasteiger partial charge in [-0.1, -0.05) is 61.6 Å². The van der Waals surface area contributed by atoms with Crippen molar-refractivity contribution in [3.05, 3.63) is 54.9 Å². The van der Waals surface area contributed by atoms with Crippen molar-refractivity contribution < 1.29 is 31.0 Å². The molecule has 0 unspecified atom stereocenters. The molecule has 0 aromatic carbocycles. The second-order valence-corrected chi connectivity index (χ2v) is 11.5. The van der Waals surface area contributed by atoms with Gasteiger partial charge in [-0.15, -0.1) is 0 Å². The van der Waals surface area contributed by atoms with E-state index in [1.165, 1.54) is 5.69 Å². The van der Waals surface area contributed by atoms with Gasteiger partial charge in [-0.2, -0.15) is 0 Å². The van der Waals surface area contributed by atoms with Gasteiger partial charge in [0, 0.05) is 18.1 Å². The van der Waals surface area contributed by atoms with Crippen molar-refractivity contribution in [2.75, 3.05) is 0 Å². The number of aromatic nitrogens is 2. The van der Waals surface area contributed by atoms with Gasteiger partial charge >= 0.3 is 30.8 Å². The van der Waals surface area contributed by atoms with Crippen molar-refractivity contribution >= 4 is 7.92 Å². The van der Waals surface area contributed by atoms with Crippen LogP contribution in [0.1, 0.15) is 48.7 Å². The Morgan fingerprint density at radius 3 is 1.92 bits per heavy atom. The first-order valence-electron chi connectivity index (χ1n) is 8.03. The molecule has 0 saturated carbocycles. The van der Waals surface area contributed by atoms with Crippen LogP contribution in [-0.4, -0.2) is 25.8 Å². The molecule has 2 heterocycles. The average molecular weight is 462 g/mol. The predicted octanol–water partition coefficient (Wildman–Crippen LogP) is 5.62. The molecule has 26 heavy (non-hydrogen) atoms. The van der Waals surface area contributed by atoms with Gasteiger partial charge in [-0.3, -0.25) is 9.97 Å². The summed E-state index contributed by atoms with van der Waals surface area (Å²) in [5, 5.41) is 0.631. The fraction of sp³-hybridized carbons (Fsp3) is 0.450. The van der Waals surface area contributed by atoms with E-state index >= 15 is 0 Å². The van der Waals surface area contributed by atoms with E-state index in [9.17, 15) is 0 Å². The first-order chi connectivity index (χ1) is 11.2. The summed E-state index contributed by atoms with van der Waals surface area (Å²) in [6.07, 6.45) is 2.88. The van der Waals surface area contributed by atoms with Gasteiger partial charge in [-0.05, 0) is 34.6 Å². The third kappa shape index (κ3) is 8.17. The van der Waals surface area contributed by atoms with Gasteiger partial charge in [0.2, 0.25) is 0 Å². The Morgan fingerprint density at radius 1 is 0.923 bits per heavy atom. The minimum Gasteiger partial charge on any atom is -1.00 e. The second-order valence-electron chi connectivity index (χ2n) is 7.66. The summed E-state index contributed by atoms with van der Waals surface area (Å²) in [4.78, 5) is 9.27. The molecule has 0 amide bonds. The van der Waals surface area contributed by atoms with E-state index in [1.807, 2.05) is 30.5 Å². The van der Waals surface area contributed by atoms with E-state index in [0.717, 1.165) is 17.5 Å². The maximum atomic E-state index is 7.50. The van der Waals surface area contributed by atoms with Crippen LogP contribution < -0.4 is 0 Å². The SMILES string of the molecule is CC(C)(C)P(Cc1cccc(-c2ccccn2)n1)C(C)(C)C.[C-]#[O+].[H-].[OH-].[Ru+2]. The zero-order valence-corrected chi connectivity index (χ0v) is 18.9. The van der Waals surface area contributed by atoms with E-state index in [0.29, 0.717) is 10.3 Å². The zero-order chi connectivity index (χ0) is 18.4. The molecule has 0 spiro atoms. The summed E-state index contributed by atoms with van der Waals surface area (Å²) >= 11 is 0. The molecule has 0 radical (unpaired) electrons. The van der Waals surface area contributed by atoms with Crippen LogP contribution in [0.2, 0.25) is 0 Å². The van der Waals surface area contributed by atoms with Crippen LogP contribution in [0, 0.1) is 6.65 Å². The third-order valence-corrected chi connectivity index (χ3v) is 7.55. The Kier molecular flexibility index (Phi) is 12.3. The third-order valence-electron chi connectivity index (χ3n) is 3.67. The molecular weight excluding hydrogens is 432 g/mol. The fourth-order valence-electron chi connectivity index (χ4n) is 2.87. The van der Waals surface area contributed by atoms with Gasteiger partial charge < -0.3 is 6.90 Å². The molecule has 2 aromatic heterocycles. The minimum atomic E-state index is -0.183. The summed E-state index contributed by atoms with van der Waals surface area (Å²) in [6.45, 7) is 18.6. The molecule has 6 heteroatoms. The Bertz CT molecular complexity index is 657. The number of hydrogen-bond acceptors (Lipinski definition) is 3. The molecule has 0 bridgehead atoms. The molecule has 0 aliphatic carbocycles. The normalized spacial score (nSPS) is 10.8. The molecule has 0 aliphatic heterocycles. The number of rotatable bonds is 3. The van der Waals surface area contributed by atoms with Crippen molar-refractivity contribution in [1.29, 1.82) is 0 Å². The molecular formula is C20H29N2O2PRu. The maximum absolute atomic E-state index is 7.50. The first-order valence-corrected chi connectivity index (χ1v) is 9.56. The standard InChI is InChI=1S/C19H27N2P.CO.H2O.Ru.H/c1-18(2,3)22(19(4,5)6)14-15-10-9-12-17(21-15)16-11-7-8-13-20-16;1-2;;;/h7-13H,14H2,1-6H3;;1H2;;/q;;;+2;-1/p-1. The van der Waals surface area contributed by atoms with Gasteiger partial charge in [0.15, 0.2) is 0 Å². The molecule has 2 rings (SSSR count). The summed E-state index contributed by atoms with van der Waals surface area (Å²) in [5.41, 5.74) is 3.09. The Morgan fingerprint density at radius 2 is 1.46 bits per heavy atom. The van der Waals surface area contributed by atoms with Crippen LogP contribution in [0.3, 0.4) is 0 Å². The van der Waals surface area contributed by atoms with Crippen LogP contribution in [0.5, 0.6) is 0 Å². The van der Waals surface area contributed by atoms with Crippen molar-refractivity contribution in [1.82, 2.24) is 9.97 Å². The molecule has 0 atom stereocenters. The number of nitrogens with zero attached hydrogens (tertiary/aromatic N) is 2. The summed E-state index contributed by atoms with van der Waals surface area (Å²) in [5.74, 6) is 0. The van der Waals surface area contributed by atoms with E-state index in [2.05, 4.69) is 65.3 Å². The Balaban J connectivity index is -0.00000111. The van der Waals surface area contributed by atoms with Crippen LogP contribution in [0.25, 0.3) is 11.4 Å². The summed E-state index contributed by atoms with van der Waals surface area (Å²) in [7, 11) is -0.183. The molecule has 4 nitrogen and oxygen atoms in total. The summed E-state index contributed by atoms with van der Waals surface area (Å²) in [6, 6.07) is 12.3. The topological polar surface area (TPSA) is 75.7 Å². The molecule has 1 N–H and O–H groups in total. The quantitative estimate of drug-likeness (QED) is 0.258. The zero-order valence-electron chi connectivity index (χ0n) is 17.3. The largest absolute Gasteiger partial charge is 2.00 e. The number of pyridine rings is 2. The van der Waals surface area contributed by atoms with Crippen molar-refractivity contribution in [3.8, 4) is 11.4 Å². The Labute approximate surface area is 173 Å². The smallest absolute Gasteiger partial charge is 1.00 e. The summed E-state index contributed by atoms with van der Waals surface area (Å²) < 4.78 is 7.50. The molecule has 0 saturated heterocycles. The van der Waals surface area contributed by atoms with Crippen LogP contribution in [-0.2, 0) is 30.3 Å². The van der Waals surface area contributed by atoms with Crippen LogP contribution >= 0.6 is 7.92 Å². The van der Waals surface area contributed by atoms with Gasteiger partial charge in [-0.25, -0.2) is 0 Å². The Hall–Kier alpha value is -0.947. The van der Waals surface area contributed by atoms with Gasteiger partial charge in [0.1, 0.15) is 0 Å². The van der Waals surface area contributed by atoms with E-state index in [1.54, 1.807) is 0 Å². The van der Waals surface area contributed by atoms with E-state index < -0.39 is 0 Å². The first kappa shape index (κ1) is 27.3. The van der Waals surface area contributed by atoms with Gasteiger partial charge in [0.05, 0.1) is 11.4 Å². The van der Waals surface area contributed by atoms with Crippen molar-refractivity contribution in [2.45, 2.75) is 58.0 Å². The molecule has 2 aromatic rings. The molecule has 144 valence electrons. The van der Waals surface area contributed by atoms with Crippen molar-refractivity contribution in [2.24, 2.45) is 0 Å². The maximum Gasteiger partial charge on any atom is 2.00 e. The number of hydrogen-bond donors (Lipinski definition) is 0. The second kappa shape index (κ2) is 11.7. The molecule has 0 fully saturated rings. The van der Waals surface area contributed by atoms with Gasteiger partial charge in [0.25, 0.3) is 0 Å².